The summed E-state index contributed by atoms with van der Waals surface area (Å²) in [6.45, 7) is 7.58. The molecule has 1 atom stereocenters. The Labute approximate surface area is 116 Å². The molecule has 1 rings (SSSR count). The van der Waals surface area contributed by atoms with Gasteiger partial charge >= 0.3 is 0 Å². The maximum absolute atomic E-state index is 11.8. The third-order valence-electron chi connectivity index (χ3n) is 3.13. The summed E-state index contributed by atoms with van der Waals surface area (Å²) in [6.07, 6.45) is 2.89. The number of nitrogens with zero attached hydrogens (tertiary/aromatic N) is 1. The molecule has 0 aromatic heterocycles. The van der Waals surface area contributed by atoms with Gasteiger partial charge in [-0.05, 0) is 25.2 Å². The van der Waals surface area contributed by atoms with E-state index in [0.717, 1.165) is 25.9 Å². The van der Waals surface area contributed by atoms with E-state index < -0.39 is 6.10 Å². The Morgan fingerprint density at radius 3 is 2.58 bits per heavy atom. The zero-order chi connectivity index (χ0) is 14.1. The van der Waals surface area contributed by atoms with Gasteiger partial charge in [-0.25, -0.2) is 0 Å². The zero-order valence-corrected chi connectivity index (χ0v) is 12.2. The Bertz CT molecular complexity index is 253. The minimum absolute atomic E-state index is 0.134. The molecule has 5 nitrogen and oxygen atoms in total. The summed E-state index contributed by atoms with van der Waals surface area (Å²) >= 11 is 0. The first-order chi connectivity index (χ1) is 9.09. The SMILES string of the molecule is CC(C)COCC(O)CNCC(=O)N1CCCCC1. The van der Waals surface area contributed by atoms with Gasteiger partial charge in [-0.1, -0.05) is 13.8 Å². The number of carbonyl (C=O) groups excluding carboxylic acids is 1. The van der Waals surface area contributed by atoms with Crippen LogP contribution in [0.1, 0.15) is 33.1 Å². The zero-order valence-electron chi connectivity index (χ0n) is 12.2. The monoisotopic (exact) mass is 272 g/mol. The van der Waals surface area contributed by atoms with Gasteiger partial charge in [0.25, 0.3) is 0 Å². The van der Waals surface area contributed by atoms with Gasteiger partial charge in [-0.3, -0.25) is 4.79 Å². The third-order valence-corrected chi connectivity index (χ3v) is 3.13. The quantitative estimate of drug-likeness (QED) is 0.680. The van der Waals surface area contributed by atoms with Gasteiger partial charge in [-0.15, -0.1) is 0 Å². The molecule has 1 amide bonds. The average molecular weight is 272 g/mol. The lowest BCUT2D eigenvalue weighted by Gasteiger charge is -2.27. The predicted molar refractivity (Wildman–Crippen MR) is 75.0 cm³/mol. The van der Waals surface area contributed by atoms with Crippen molar-refractivity contribution >= 4 is 5.91 Å². The van der Waals surface area contributed by atoms with Crippen molar-refractivity contribution in [3.8, 4) is 0 Å². The average Bonchev–Trinajstić information content (AvgIpc) is 2.39. The topological polar surface area (TPSA) is 61.8 Å². The highest BCUT2D eigenvalue weighted by Crippen LogP contribution is 2.08. The van der Waals surface area contributed by atoms with Crippen LogP contribution in [0.15, 0.2) is 0 Å². The van der Waals surface area contributed by atoms with Crippen LogP contribution in [0.2, 0.25) is 0 Å². The third kappa shape index (κ3) is 7.50. The van der Waals surface area contributed by atoms with Gasteiger partial charge in [0.15, 0.2) is 0 Å². The summed E-state index contributed by atoms with van der Waals surface area (Å²) in [5.41, 5.74) is 0. The van der Waals surface area contributed by atoms with E-state index in [0.29, 0.717) is 32.2 Å². The van der Waals surface area contributed by atoms with Crippen LogP contribution >= 0.6 is 0 Å². The number of aliphatic hydroxyl groups excluding tert-OH is 1. The molecule has 1 fully saturated rings. The molecule has 112 valence electrons. The minimum Gasteiger partial charge on any atom is -0.389 e. The number of rotatable bonds is 8. The number of hydrogen-bond donors (Lipinski definition) is 2. The van der Waals surface area contributed by atoms with Crippen LogP contribution in [-0.2, 0) is 9.53 Å². The Kier molecular flexibility index (Phi) is 8.02. The molecule has 0 spiro atoms. The van der Waals surface area contributed by atoms with Crippen LogP contribution in [0.4, 0.5) is 0 Å². The maximum Gasteiger partial charge on any atom is 0.236 e. The molecule has 1 unspecified atom stereocenters. The van der Waals surface area contributed by atoms with E-state index in [-0.39, 0.29) is 5.91 Å². The van der Waals surface area contributed by atoms with E-state index in [2.05, 4.69) is 19.2 Å². The second-order valence-corrected chi connectivity index (χ2v) is 5.66. The highest BCUT2D eigenvalue weighted by Gasteiger charge is 2.16. The molecule has 5 heteroatoms. The van der Waals surface area contributed by atoms with E-state index in [9.17, 15) is 9.90 Å². The highest BCUT2D eigenvalue weighted by molar-refractivity contribution is 5.78. The number of hydrogen-bond acceptors (Lipinski definition) is 4. The Balaban J connectivity index is 2.03. The number of aliphatic hydroxyl groups is 1. The standard InChI is InChI=1S/C14H28N2O3/c1-12(2)10-19-11-13(17)8-15-9-14(18)16-6-4-3-5-7-16/h12-13,15,17H,3-11H2,1-2H3. The fourth-order valence-corrected chi connectivity index (χ4v) is 2.10. The normalized spacial score (nSPS) is 17.8. The molecule has 1 heterocycles. The number of piperidine rings is 1. The van der Waals surface area contributed by atoms with E-state index in [1.54, 1.807) is 0 Å². The summed E-state index contributed by atoms with van der Waals surface area (Å²) in [7, 11) is 0. The molecule has 19 heavy (non-hydrogen) atoms. The second kappa shape index (κ2) is 9.28. The van der Waals surface area contributed by atoms with E-state index in [1.807, 2.05) is 4.90 Å². The van der Waals surface area contributed by atoms with Gasteiger partial charge in [0, 0.05) is 26.2 Å². The fourth-order valence-electron chi connectivity index (χ4n) is 2.10. The molecule has 0 aliphatic carbocycles. The lowest BCUT2D eigenvalue weighted by molar-refractivity contribution is -0.131. The second-order valence-electron chi connectivity index (χ2n) is 5.66. The van der Waals surface area contributed by atoms with E-state index in [4.69, 9.17) is 4.74 Å². The first-order valence-electron chi connectivity index (χ1n) is 7.34. The molecule has 1 saturated heterocycles. The van der Waals surface area contributed by atoms with Crippen LogP contribution in [-0.4, -0.2) is 61.4 Å². The lowest BCUT2D eigenvalue weighted by Crippen LogP contribution is -2.43. The van der Waals surface area contributed by atoms with Gasteiger partial charge < -0.3 is 20.1 Å². The van der Waals surface area contributed by atoms with Gasteiger partial charge in [0.05, 0.1) is 19.3 Å². The molecule has 0 aromatic rings. The number of amides is 1. The summed E-state index contributed by atoms with van der Waals surface area (Å²) < 4.78 is 5.35. The summed E-state index contributed by atoms with van der Waals surface area (Å²) in [5, 5.41) is 12.7. The van der Waals surface area contributed by atoms with Crippen molar-refractivity contribution in [1.29, 1.82) is 0 Å². The number of likely N-dealkylation sites (tertiary alicyclic amines) is 1. The van der Waals surface area contributed by atoms with Crippen molar-refractivity contribution in [3.63, 3.8) is 0 Å². The first kappa shape index (κ1) is 16.4. The molecule has 1 aliphatic heterocycles. The molecule has 0 radical (unpaired) electrons. The maximum atomic E-state index is 11.8. The molecule has 0 bridgehead atoms. The Hall–Kier alpha value is -0.650. The Morgan fingerprint density at radius 1 is 1.26 bits per heavy atom. The first-order valence-corrected chi connectivity index (χ1v) is 7.34. The predicted octanol–water partition coefficient (Wildman–Crippen LogP) is 0.622. The van der Waals surface area contributed by atoms with Crippen molar-refractivity contribution in [2.24, 2.45) is 5.92 Å². The number of ether oxygens (including phenoxy) is 1. The molecular formula is C14H28N2O3. The minimum atomic E-state index is -0.548. The summed E-state index contributed by atoms with van der Waals surface area (Å²) in [6, 6.07) is 0. The molecule has 1 aliphatic rings. The molecular weight excluding hydrogens is 244 g/mol. The molecule has 0 aromatic carbocycles. The van der Waals surface area contributed by atoms with Crippen LogP contribution < -0.4 is 5.32 Å². The van der Waals surface area contributed by atoms with Crippen molar-refractivity contribution in [3.05, 3.63) is 0 Å². The van der Waals surface area contributed by atoms with E-state index >= 15 is 0 Å². The van der Waals surface area contributed by atoms with Gasteiger partial charge in [-0.2, -0.15) is 0 Å². The van der Waals surface area contributed by atoms with Crippen molar-refractivity contribution in [1.82, 2.24) is 10.2 Å². The van der Waals surface area contributed by atoms with Crippen LogP contribution in [0, 0.1) is 5.92 Å². The van der Waals surface area contributed by atoms with Crippen molar-refractivity contribution in [2.45, 2.75) is 39.2 Å². The van der Waals surface area contributed by atoms with Crippen LogP contribution in [0.5, 0.6) is 0 Å². The smallest absolute Gasteiger partial charge is 0.236 e. The van der Waals surface area contributed by atoms with Crippen molar-refractivity contribution < 1.29 is 14.6 Å². The Morgan fingerprint density at radius 2 is 1.95 bits per heavy atom. The largest absolute Gasteiger partial charge is 0.389 e. The molecule has 2 N–H and O–H groups in total. The van der Waals surface area contributed by atoms with Crippen LogP contribution in [0.3, 0.4) is 0 Å². The van der Waals surface area contributed by atoms with Crippen LogP contribution in [0.25, 0.3) is 0 Å². The highest BCUT2D eigenvalue weighted by atomic mass is 16.5. The fraction of sp³-hybridized carbons (Fsp3) is 0.929. The lowest BCUT2D eigenvalue weighted by atomic mass is 10.1. The van der Waals surface area contributed by atoms with Crippen molar-refractivity contribution in [2.75, 3.05) is 39.4 Å². The summed E-state index contributed by atoms with van der Waals surface area (Å²) in [4.78, 5) is 13.7. The number of carbonyl (C=O) groups is 1. The summed E-state index contributed by atoms with van der Waals surface area (Å²) in [5.74, 6) is 0.607. The number of nitrogens with one attached hydrogen (secondary N) is 1. The van der Waals surface area contributed by atoms with E-state index in [1.165, 1.54) is 6.42 Å². The van der Waals surface area contributed by atoms with Gasteiger partial charge in [0.1, 0.15) is 0 Å². The molecule has 0 saturated carbocycles. The van der Waals surface area contributed by atoms with Gasteiger partial charge in [0.2, 0.25) is 5.91 Å².